The molecule has 1 unspecified atom stereocenters. The van der Waals surface area contributed by atoms with Gasteiger partial charge in [-0.3, -0.25) is 4.99 Å². The van der Waals surface area contributed by atoms with Gasteiger partial charge in [0.05, 0.1) is 0 Å². The van der Waals surface area contributed by atoms with Crippen LogP contribution in [-0.4, -0.2) is 10.2 Å². The van der Waals surface area contributed by atoms with Gasteiger partial charge < -0.3 is 0 Å². The van der Waals surface area contributed by atoms with Crippen molar-refractivity contribution in [2.24, 2.45) is 4.99 Å². The van der Waals surface area contributed by atoms with Crippen LogP contribution in [0.3, 0.4) is 0 Å². The van der Waals surface area contributed by atoms with Gasteiger partial charge in [-0.1, -0.05) is 28.1 Å². The smallest absolute Gasteiger partial charge is 0.131 e. The predicted octanol–water partition coefficient (Wildman–Crippen LogP) is 2.68. The van der Waals surface area contributed by atoms with E-state index < -0.39 is 0 Å². The summed E-state index contributed by atoms with van der Waals surface area (Å²) in [7, 11) is 0. The average molecular weight is 200 g/mol. The number of nitrogens with zero attached hydrogens (tertiary/aromatic N) is 1. The fourth-order valence-corrected chi connectivity index (χ4v) is 1.28. The van der Waals surface area contributed by atoms with E-state index >= 15 is 0 Å². The highest BCUT2D eigenvalue weighted by Crippen LogP contribution is 2.22. The molecule has 0 radical (unpaired) electrons. The normalized spacial score (nSPS) is 31.7. The molecule has 0 amide bonds. The van der Waals surface area contributed by atoms with Crippen molar-refractivity contribution in [2.45, 2.75) is 18.3 Å². The minimum absolute atomic E-state index is 0.208. The lowest BCUT2D eigenvalue weighted by Crippen LogP contribution is -2.08. The topological polar surface area (TPSA) is 12.4 Å². The Morgan fingerprint density at radius 2 is 2.20 bits per heavy atom. The van der Waals surface area contributed by atoms with Crippen LogP contribution in [0, 0.1) is 0 Å². The highest BCUT2D eigenvalue weighted by Gasteiger charge is 2.13. The van der Waals surface area contributed by atoms with Gasteiger partial charge in [-0.05, 0) is 26.0 Å². The maximum Gasteiger partial charge on any atom is 0.131 e. The van der Waals surface area contributed by atoms with Crippen LogP contribution in [0.2, 0.25) is 0 Å². The third kappa shape index (κ3) is 2.10. The van der Waals surface area contributed by atoms with Crippen molar-refractivity contribution in [3.05, 3.63) is 24.3 Å². The molecule has 1 aliphatic heterocycles. The Labute approximate surface area is 69.7 Å². The van der Waals surface area contributed by atoms with Crippen LogP contribution in [0.4, 0.5) is 0 Å². The van der Waals surface area contributed by atoms with Crippen molar-refractivity contribution >= 4 is 21.6 Å². The second kappa shape index (κ2) is 2.70. The van der Waals surface area contributed by atoms with Gasteiger partial charge >= 0.3 is 0 Å². The first-order valence-corrected chi connectivity index (χ1v) is 4.01. The predicted molar refractivity (Wildman–Crippen MR) is 48.7 cm³/mol. The molecule has 1 heterocycles. The summed E-state index contributed by atoms with van der Waals surface area (Å²) in [5, 5.41) is 0. The largest absolute Gasteiger partial charge is 0.268 e. The zero-order valence-corrected chi connectivity index (χ0v) is 7.72. The summed E-state index contributed by atoms with van der Waals surface area (Å²) >= 11 is 3.47. The molecule has 1 atom stereocenters. The van der Waals surface area contributed by atoms with Gasteiger partial charge in [-0.2, -0.15) is 0 Å². The molecule has 1 rings (SSSR count). The highest BCUT2D eigenvalue weighted by molar-refractivity contribution is 9.10. The molecule has 0 aromatic heterocycles. The quantitative estimate of drug-likeness (QED) is 0.421. The van der Waals surface area contributed by atoms with Crippen molar-refractivity contribution in [1.29, 1.82) is 0 Å². The molecule has 0 fully saturated rings. The second-order valence-electron chi connectivity index (χ2n) is 2.50. The van der Waals surface area contributed by atoms with Crippen molar-refractivity contribution < 1.29 is 0 Å². The summed E-state index contributed by atoms with van der Waals surface area (Å²) < 4.78 is -0.208. The number of hydrogen-bond acceptors (Lipinski definition) is 1. The van der Waals surface area contributed by atoms with E-state index in [-0.39, 0.29) is 4.45 Å². The average Bonchev–Trinajstić information content (AvgIpc) is 1.90. The third-order valence-corrected chi connectivity index (χ3v) is 1.69. The van der Waals surface area contributed by atoms with Gasteiger partial charge in [-0.25, -0.2) is 0 Å². The van der Waals surface area contributed by atoms with Gasteiger partial charge in [0.15, 0.2) is 0 Å². The Morgan fingerprint density at radius 3 is 2.90 bits per heavy atom. The SMILES string of the molecule is CC1=NC(C)(Br)C=CC=C1. The fraction of sp³-hybridized carbons (Fsp3) is 0.375. The van der Waals surface area contributed by atoms with E-state index in [1.807, 2.05) is 38.2 Å². The lowest BCUT2D eigenvalue weighted by Gasteiger charge is -2.10. The minimum Gasteiger partial charge on any atom is -0.268 e. The van der Waals surface area contributed by atoms with Crippen molar-refractivity contribution in [1.82, 2.24) is 0 Å². The molecule has 54 valence electrons. The Balaban J connectivity index is 2.93. The Bertz CT molecular complexity index is 211. The third-order valence-electron chi connectivity index (χ3n) is 1.24. The summed E-state index contributed by atoms with van der Waals surface area (Å²) in [6.07, 6.45) is 7.99. The molecule has 0 spiro atoms. The van der Waals surface area contributed by atoms with Crippen LogP contribution >= 0.6 is 15.9 Å². The monoisotopic (exact) mass is 199 g/mol. The Hall–Kier alpha value is -0.370. The summed E-state index contributed by atoms with van der Waals surface area (Å²) in [6, 6.07) is 0. The molecular formula is C8H10BrN. The van der Waals surface area contributed by atoms with E-state index in [2.05, 4.69) is 20.9 Å². The van der Waals surface area contributed by atoms with Crippen LogP contribution in [0.1, 0.15) is 13.8 Å². The van der Waals surface area contributed by atoms with Crippen LogP contribution in [0.5, 0.6) is 0 Å². The van der Waals surface area contributed by atoms with Crippen LogP contribution < -0.4 is 0 Å². The number of aliphatic imine (C=N–C) groups is 1. The summed E-state index contributed by atoms with van der Waals surface area (Å²) in [4.78, 5) is 4.37. The van der Waals surface area contributed by atoms with Gasteiger partial charge in [-0.15, -0.1) is 0 Å². The van der Waals surface area contributed by atoms with Crippen LogP contribution in [0.15, 0.2) is 29.3 Å². The first-order chi connectivity index (χ1) is 4.60. The van der Waals surface area contributed by atoms with E-state index in [1.165, 1.54) is 0 Å². The summed E-state index contributed by atoms with van der Waals surface area (Å²) in [5.41, 5.74) is 1.05. The second-order valence-corrected chi connectivity index (χ2v) is 4.10. The highest BCUT2D eigenvalue weighted by atomic mass is 79.9. The van der Waals surface area contributed by atoms with E-state index in [0.717, 1.165) is 5.71 Å². The maximum absolute atomic E-state index is 4.37. The number of rotatable bonds is 0. The molecule has 0 saturated carbocycles. The standard InChI is InChI=1S/C8H10BrN/c1-7-5-3-4-6-8(2,9)10-7/h3-6H,1-2H3. The Kier molecular flexibility index (Phi) is 2.09. The van der Waals surface area contributed by atoms with Crippen molar-refractivity contribution in [3.8, 4) is 0 Å². The van der Waals surface area contributed by atoms with E-state index in [9.17, 15) is 0 Å². The first kappa shape index (κ1) is 7.73. The number of hydrogen-bond donors (Lipinski definition) is 0. The maximum atomic E-state index is 4.37. The lowest BCUT2D eigenvalue weighted by molar-refractivity contribution is 0.871. The molecule has 1 nitrogen and oxygen atoms in total. The molecule has 0 aromatic carbocycles. The van der Waals surface area contributed by atoms with E-state index in [4.69, 9.17) is 0 Å². The van der Waals surface area contributed by atoms with E-state index in [1.54, 1.807) is 0 Å². The molecular weight excluding hydrogens is 190 g/mol. The number of alkyl halides is 1. The Morgan fingerprint density at radius 1 is 1.50 bits per heavy atom. The zero-order chi connectivity index (χ0) is 7.61. The minimum atomic E-state index is -0.208. The number of halogens is 1. The van der Waals surface area contributed by atoms with Gasteiger partial charge in [0.25, 0.3) is 0 Å². The molecule has 10 heavy (non-hydrogen) atoms. The van der Waals surface area contributed by atoms with Crippen molar-refractivity contribution in [3.63, 3.8) is 0 Å². The summed E-state index contributed by atoms with van der Waals surface area (Å²) in [6.45, 7) is 4.00. The van der Waals surface area contributed by atoms with Crippen LogP contribution in [-0.2, 0) is 0 Å². The lowest BCUT2D eigenvalue weighted by atomic mass is 10.3. The molecule has 0 aromatic rings. The first-order valence-electron chi connectivity index (χ1n) is 3.21. The molecule has 1 aliphatic rings. The van der Waals surface area contributed by atoms with Gasteiger partial charge in [0.2, 0.25) is 0 Å². The fourth-order valence-electron chi connectivity index (χ4n) is 0.845. The molecule has 0 aliphatic carbocycles. The van der Waals surface area contributed by atoms with Crippen LogP contribution in [0.25, 0.3) is 0 Å². The molecule has 0 N–H and O–H groups in total. The van der Waals surface area contributed by atoms with Gasteiger partial charge in [0, 0.05) is 5.71 Å². The molecule has 2 heteroatoms. The molecule has 0 bridgehead atoms. The van der Waals surface area contributed by atoms with E-state index in [0.29, 0.717) is 0 Å². The number of allylic oxidation sites excluding steroid dienone is 3. The molecule has 0 saturated heterocycles. The zero-order valence-electron chi connectivity index (χ0n) is 6.13. The van der Waals surface area contributed by atoms with Gasteiger partial charge in [0.1, 0.15) is 4.45 Å². The van der Waals surface area contributed by atoms with Crippen molar-refractivity contribution in [2.75, 3.05) is 0 Å². The summed E-state index contributed by atoms with van der Waals surface area (Å²) in [5.74, 6) is 0.